The minimum atomic E-state index is -0.826. The van der Waals surface area contributed by atoms with Crippen LogP contribution in [-0.4, -0.2) is 56.0 Å². The van der Waals surface area contributed by atoms with Gasteiger partial charge < -0.3 is 21.3 Å². The van der Waals surface area contributed by atoms with E-state index in [1.165, 1.54) is 0 Å². The van der Waals surface area contributed by atoms with Crippen LogP contribution in [0.15, 0.2) is 60.7 Å². The van der Waals surface area contributed by atoms with Gasteiger partial charge in [-0.15, -0.1) is 0 Å². The predicted octanol–water partition coefficient (Wildman–Crippen LogP) is 3.07. The maximum Gasteiger partial charge on any atom is 0.233 e. The lowest BCUT2D eigenvalue weighted by molar-refractivity contribution is -0.124. The second kappa shape index (κ2) is 13.3. The molecular weight excluding hydrogens is 424 g/mol. The summed E-state index contributed by atoms with van der Waals surface area (Å²) in [6.07, 6.45) is 5.10. The van der Waals surface area contributed by atoms with Crippen LogP contribution < -0.4 is 16.4 Å². The van der Waals surface area contributed by atoms with Gasteiger partial charge >= 0.3 is 0 Å². The third-order valence-electron chi connectivity index (χ3n) is 6.92. The highest BCUT2D eigenvalue weighted by molar-refractivity contribution is 5.91. The van der Waals surface area contributed by atoms with E-state index >= 15 is 0 Å². The summed E-state index contributed by atoms with van der Waals surface area (Å²) in [6.45, 7) is 6.91. The number of carbonyl (C=O) groups excluding carboxylic acids is 2. The van der Waals surface area contributed by atoms with Crippen molar-refractivity contribution in [2.24, 2.45) is 11.7 Å². The molecule has 3 rings (SSSR count). The highest BCUT2D eigenvalue weighted by Gasteiger charge is 2.49. The summed E-state index contributed by atoms with van der Waals surface area (Å²) in [5.74, 6) is -0.0777. The van der Waals surface area contributed by atoms with Crippen LogP contribution in [0.2, 0.25) is 0 Å². The lowest BCUT2D eigenvalue weighted by Crippen LogP contribution is -2.49. The van der Waals surface area contributed by atoms with E-state index in [-0.39, 0.29) is 17.7 Å². The highest BCUT2D eigenvalue weighted by Crippen LogP contribution is 2.43. The summed E-state index contributed by atoms with van der Waals surface area (Å²) in [4.78, 5) is 27.4. The lowest BCUT2D eigenvalue weighted by Gasteiger charge is -2.37. The van der Waals surface area contributed by atoms with Crippen LogP contribution in [0.1, 0.15) is 50.2 Å². The molecule has 6 nitrogen and oxygen atoms in total. The van der Waals surface area contributed by atoms with Crippen LogP contribution in [0.3, 0.4) is 0 Å². The van der Waals surface area contributed by atoms with E-state index in [4.69, 9.17) is 5.73 Å². The summed E-state index contributed by atoms with van der Waals surface area (Å²) >= 11 is 0. The topological polar surface area (TPSA) is 87.5 Å². The third-order valence-corrected chi connectivity index (χ3v) is 6.92. The zero-order chi connectivity index (χ0) is 24.2. The molecule has 2 aromatic rings. The molecule has 1 aliphatic rings. The Labute approximate surface area is 204 Å². The molecule has 6 heteroatoms. The van der Waals surface area contributed by atoms with E-state index in [1.807, 2.05) is 60.7 Å². The molecule has 0 aromatic heterocycles. The fraction of sp³-hybridized carbons (Fsp3) is 0.500. The first-order chi connectivity index (χ1) is 16.6. The van der Waals surface area contributed by atoms with Crippen molar-refractivity contribution in [1.29, 1.82) is 0 Å². The van der Waals surface area contributed by atoms with E-state index in [9.17, 15) is 9.59 Å². The van der Waals surface area contributed by atoms with Gasteiger partial charge in [-0.3, -0.25) is 9.59 Å². The number of carbonyl (C=O) groups is 2. The smallest absolute Gasteiger partial charge is 0.233 e. The van der Waals surface area contributed by atoms with E-state index in [0.29, 0.717) is 6.54 Å². The average molecular weight is 465 g/mol. The van der Waals surface area contributed by atoms with Crippen molar-refractivity contribution < 1.29 is 9.59 Å². The van der Waals surface area contributed by atoms with Gasteiger partial charge in [0.15, 0.2) is 0 Å². The zero-order valence-electron chi connectivity index (χ0n) is 20.5. The Morgan fingerprint density at radius 2 is 1.62 bits per heavy atom. The van der Waals surface area contributed by atoms with Crippen LogP contribution >= 0.6 is 0 Å². The van der Waals surface area contributed by atoms with Gasteiger partial charge in [0, 0.05) is 13.1 Å². The summed E-state index contributed by atoms with van der Waals surface area (Å²) in [7, 11) is 0. The van der Waals surface area contributed by atoms with Crippen molar-refractivity contribution >= 4 is 11.8 Å². The Bertz CT molecular complexity index is 848. The summed E-state index contributed by atoms with van der Waals surface area (Å²) in [6, 6.07) is 20.0. The van der Waals surface area contributed by atoms with E-state index < -0.39 is 5.41 Å². The largest absolute Gasteiger partial charge is 0.369 e. The van der Waals surface area contributed by atoms with Crippen molar-refractivity contribution in [1.82, 2.24) is 15.5 Å². The molecule has 1 fully saturated rings. The molecule has 184 valence electrons. The molecule has 1 saturated heterocycles. The van der Waals surface area contributed by atoms with Crippen molar-refractivity contribution in [2.45, 2.75) is 44.4 Å². The first-order valence-electron chi connectivity index (χ1n) is 12.7. The quantitative estimate of drug-likeness (QED) is 0.375. The molecule has 4 N–H and O–H groups in total. The Hall–Kier alpha value is -2.70. The second-order valence-electron chi connectivity index (χ2n) is 9.28. The van der Waals surface area contributed by atoms with Gasteiger partial charge in [-0.25, -0.2) is 0 Å². The number of hydrogen-bond acceptors (Lipinski definition) is 4. The summed E-state index contributed by atoms with van der Waals surface area (Å²) < 4.78 is 0. The maximum atomic E-state index is 13.2. The molecule has 0 spiro atoms. The first kappa shape index (κ1) is 25.9. The van der Waals surface area contributed by atoms with Gasteiger partial charge in [-0.1, -0.05) is 74.0 Å². The first-order valence-corrected chi connectivity index (χ1v) is 12.7. The van der Waals surface area contributed by atoms with Crippen molar-refractivity contribution in [3.8, 4) is 0 Å². The fourth-order valence-electron chi connectivity index (χ4n) is 5.22. The van der Waals surface area contributed by atoms with Gasteiger partial charge in [0.2, 0.25) is 11.8 Å². The average Bonchev–Trinajstić information content (AvgIpc) is 3.32. The number of unbranched alkanes of at least 4 members (excludes halogenated alkanes) is 2. The number of hydrogen-bond donors (Lipinski definition) is 3. The Morgan fingerprint density at radius 1 is 0.971 bits per heavy atom. The number of nitrogens with zero attached hydrogens (tertiary/aromatic N) is 1. The Balaban J connectivity index is 1.55. The molecule has 2 aromatic carbocycles. The van der Waals surface area contributed by atoms with E-state index in [0.717, 1.165) is 76.0 Å². The normalized spacial score (nSPS) is 16.4. The molecule has 2 amide bonds. The van der Waals surface area contributed by atoms with Gasteiger partial charge in [0.25, 0.3) is 0 Å². The summed E-state index contributed by atoms with van der Waals surface area (Å²) in [5, 5.41) is 6.10. The van der Waals surface area contributed by atoms with Gasteiger partial charge in [0.05, 0.1) is 6.54 Å². The molecule has 0 saturated carbocycles. The molecule has 1 aliphatic heterocycles. The van der Waals surface area contributed by atoms with E-state index in [1.54, 1.807) is 0 Å². The molecule has 1 atom stereocenters. The van der Waals surface area contributed by atoms with Crippen LogP contribution in [0.25, 0.3) is 0 Å². The van der Waals surface area contributed by atoms with Crippen LogP contribution in [0.5, 0.6) is 0 Å². The number of nitrogens with one attached hydrogen (secondary N) is 2. The van der Waals surface area contributed by atoms with Gasteiger partial charge in [0.1, 0.15) is 5.41 Å². The van der Waals surface area contributed by atoms with Crippen molar-refractivity contribution in [3.05, 3.63) is 71.8 Å². The molecule has 34 heavy (non-hydrogen) atoms. The molecule has 0 aliphatic carbocycles. The Morgan fingerprint density at radius 3 is 2.21 bits per heavy atom. The number of rotatable bonds is 14. The molecule has 1 unspecified atom stereocenters. The van der Waals surface area contributed by atoms with E-state index in [2.05, 4.69) is 22.5 Å². The van der Waals surface area contributed by atoms with Crippen molar-refractivity contribution in [2.75, 3.05) is 39.3 Å². The maximum absolute atomic E-state index is 13.2. The monoisotopic (exact) mass is 464 g/mol. The third kappa shape index (κ3) is 6.45. The predicted molar refractivity (Wildman–Crippen MR) is 137 cm³/mol. The minimum absolute atomic E-state index is 0.0699. The highest BCUT2D eigenvalue weighted by atomic mass is 16.2. The molecular formula is C28H40N4O2. The second-order valence-corrected chi connectivity index (χ2v) is 9.28. The number of amides is 2. The van der Waals surface area contributed by atoms with Crippen LogP contribution in [-0.2, 0) is 15.0 Å². The lowest BCUT2D eigenvalue weighted by atomic mass is 9.64. The van der Waals surface area contributed by atoms with Gasteiger partial charge in [-0.2, -0.15) is 0 Å². The summed E-state index contributed by atoms with van der Waals surface area (Å²) in [5.41, 5.74) is 7.31. The molecule has 1 heterocycles. The number of likely N-dealkylation sites (tertiary alicyclic amines) is 1. The SMILES string of the molecule is CCCNCC(=O)NCCCCCN1CCC(C(C(N)=O)(c2ccccc2)c2ccccc2)C1. The standard InChI is InChI=1S/C28H40N4O2/c1-2-17-30-21-26(33)31-18-10-5-11-19-32-20-16-25(22-32)28(27(29)34,23-12-6-3-7-13-23)24-14-8-4-9-15-24/h3-4,6-9,12-15,25,30H,2,5,10-11,16-22H2,1H3,(H2,29,34)(H,31,33). The Kier molecular flexibility index (Phi) is 10.1. The van der Waals surface area contributed by atoms with Crippen LogP contribution in [0.4, 0.5) is 0 Å². The number of primary amides is 1. The number of benzene rings is 2. The molecule has 0 bridgehead atoms. The number of nitrogens with two attached hydrogens (primary N) is 1. The minimum Gasteiger partial charge on any atom is -0.369 e. The van der Waals surface area contributed by atoms with Crippen molar-refractivity contribution in [3.63, 3.8) is 0 Å². The fourth-order valence-corrected chi connectivity index (χ4v) is 5.22. The van der Waals surface area contributed by atoms with Gasteiger partial charge in [-0.05, 0) is 62.4 Å². The zero-order valence-corrected chi connectivity index (χ0v) is 20.5. The molecule has 0 radical (unpaired) electrons. The van der Waals surface area contributed by atoms with Crippen LogP contribution in [0, 0.1) is 5.92 Å².